The summed E-state index contributed by atoms with van der Waals surface area (Å²) in [6.45, 7) is 4.58. The van der Waals surface area contributed by atoms with Gasteiger partial charge in [-0.15, -0.1) is 0 Å². The molecule has 0 atom stereocenters. The molecule has 0 aliphatic carbocycles. The van der Waals surface area contributed by atoms with E-state index in [1.165, 1.54) is 32.1 Å². The van der Waals surface area contributed by atoms with Crippen LogP contribution in [-0.2, 0) is 9.53 Å². The van der Waals surface area contributed by atoms with E-state index in [1.54, 1.807) is 0 Å². The summed E-state index contributed by atoms with van der Waals surface area (Å²) in [5.41, 5.74) is 0. The molecule has 4 heteroatoms. The summed E-state index contributed by atoms with van der Waals surface area (Å²) in [6, 6.07) is 0. The second kappa shape index (κ2) is 11.2. The number of carbonyl (C=O) groups is 1. The fourth-order valence-electron chi connectivity index (χ4n) is 2.02. The van der Waals surface area contributed by atoms with Crippen LogP contribution in [0.25, 0.3) is 0 Å². The van der Waals surface area contributed by atoms with Crippen LogP contribution >= 0.6 is 0 Å². The zero-order valence-corrected chi connectivity index (χ0v) is 13.0. The van der Waals surface area contributed by atoms with Gasteiger partial charge in [0.2, 0.25) is 0 Å². The molecule has 0 aromatic carbocycles. The van der Waals surface area contributed by atoms with E-state index < -0.39 is 5.97 Å². The molecule has 0 unspecified atom stereocenters. The Morgan fingerprint density at radius 3 is 2.32 bits per heavy atom. The molecule has 0 aromatic heterocycles. The maximum absolute atomic E-state index is 10.5. The molecule has 1 N–H and O–H groups in total. The van der Waals surface area contributed by atoms with Crippen LogP contribution in [0.4, 0.5) is 0 Å². The molecule has 114 valence electrons. The number of aliphatic carboxylic acids is 1. The molecular formula is C15H32NO3+. The van der Waals surface area contributed by atoms with Gasteiger partial charge < -0.3 is 14.3 Å². The monoisotopic (exact) mass is 274 g/mol. The Balaban J connectivity index is 3.39. The standard InChI is InChI=1S/C15H31NO3/c1-4-5-6-7-8-9-13-19-14-16(2,3)12-10-11-15(17)18/h4-14H2,1-3H3/p+1. The summed E-state index contributed by atoms with van der Waals surface area (Å²) in [7, 11) is 4.17. The van der Waals surface area contributed by atoms with Crippen LogP contribution in [0.2, 0.25) is 0 Å². The molecule has 0 rings (SSSR count). The van der Waals surface area contributed by atoms with Gasteiger partial charge in [0.15, 0.2) is 6.73 Å². The Kier molecular flexibility index (Phi) is 10.9. The normalized spacial score (nSPS) is 11.7. The first-order chi connectivity index (χ1) is 8.98. The quantitative estimate of drug-likeness (QED) is 0.318. The molecule has 0 radical (unpaired) electrons. The first-order valence-corrected chi connectivity index (χ1v) is 7.59. The van der Waals surface area contributed by atoms with Gasteiger partial charge >= 0.3 is 5.97 Å². The second-order valence-electron chi connectivity index (χ2n) is 5.96. The topological polar surface area (TPSA) is 46.5 Å². The Morgan fingerprint density at radius 1 is 1.05 bits per heavy atom. The summed E-state index contributed by atoms with van der Waals surface area (Å²) in [5, 5.41) is 8.61. The van der Waals surface area contributed by atoms with Crippen LogP contribution in [0.1, 0.15) is 58.3 Å². The average Bonchev–Trinajstić information content (AvgIpc) is 2.31. The van der Waals surface area contributed by atoms with Gasteiger partial charge in [-0.25, -0.2) is 0 Å². The molecule has 0 aromatic rings. The number of ether oxygens (including phenoxy) is 1. The van der Waals surface area contributed by atoms with Gasteiger partial charge in [-0.1, -0.05) is 39.0 Å². The SMILES string of the molecule is CCCCCCCCOC[N+](C)(C)CCCC(=O)O. The fraction of sp³-hybridized carbons (Fsp3) is 0.933. The highest BCUT2D eigenvalue weighted by Crippen LogP contribution is 2.06. The molecule has 4 nitrogen and oxygen atoms in total. The second-order valence-corrected chi connectivity index (χ2v) is 5.96. The number of quaternary nitrogens is 1. The van der Waals surface area contributed by atoms with Crippen molar-refractivity contribution in [1.29, 1.82) is 0 Å². The Morgan fingerprint density at radius 2 is 1.68 bits per heavy atom. The molecule has 0 saturated heterocycles. The van der Waals surface area contributed by atoms with Crippen molar-refractivity contribution in [2.24, 2.45) is 0 Å². The lowest BCUT2D eigenvalue weighted by atomic mass is 10.1. The molecule has 0 aliphatic heterocycles. The number of nitrogens with zero attached hydrogens (tertiary/aromatic N) is 1. The first kappa shape index (κ1) is 18.4. The number of carboxylic acids is 1. The number of hydrogen-bond donors (Lipinski definition) is 1. The zero-order chi connectivity index (χ0) is 14.6. The van der Waals surface area contributed by atoms with Crippen molar-refractivity contribution in [1.82, 2.24) is 0 Å². The minimum atomic E-state index is -0.715. The zero-order valence-electron chi connectivity index (χ0n) is 13.0. The summed E-state index contributed by atoms with van der Waals surface area (Å²) < 4.78 is 6.43. The van der Waals surface area contributed by atoms with Gasteiger partial charge in [0.25, 0.3) is 0 Å². The van der Waals surface area contributed by atoms with Crippen molar-refractivity contribution in [2.45, 2.75) is 58.3 Å². The van der Waals surface area contributed by atoms with E-state index in [0.717, 1.165) is 24.1 Å². The van der Waals surface area contributed by atoms with E-state index in [9.17, 15) is 4.79 Å². The largest absolute Gasteiger partial charge is 0.481 e. The highest BCUT2D eigenvalue weighted by atomic mass is 16.5. The van der Waals surface area contributed by atoms with Crippen LogP contribution in [0.5, 0.6) is 0 Å². The van der Waals surface area contributed by atoms with E-state index in [1.807, 2.05) is 0 Å². The van der Waals surface area contributed by atoms with Crippen molar-refractivity contribution in [3.05, 3.63) is 0 Å². The molecule has 0 fully saturated rings. The predicted molar refractivity (Wildman–Crippen MR) is 78.0 cm³/mol. The van der Waals surface area contributed by atoms with Gasteiger partial charge in [0.05, 0.1) is 33.7 Å². The predicted octanol–water partition coefficient (Wildman–Crippen LogP) is 3.26. The molecule has 0 saturated carbocycles. The highest BCUT2D eigenvalue weighted by Gasteiger charge is 2.15. The lowest BCUT2D eigenvalue weighted by Crippen LogP contribution is -2.42. The number of carboxylic acid groups (broad SMARTS) is 1. The van der Waals surface area contributed by atoms with E-state index in [0.29, 0.717) is 13.2 Å². The van der Waals surface area contributed by atoms with Crippen LogP contribution in [0, 0.1) is 0 Å². The maximum Gasteiger partial charge on any atom is 0.303 e. The maximum atomic E-state index is 10.5. The number of rotatable bonds is 13. The average molecular weight is 274 g/mol. The molecule has 0 spiro atoms. The van der Waals surface area contributed by atoms with Gasteiger partial charge in [-0.3, -0.25) is 4.79 Å². The minimum Gasteiger partial charge on any atom is -0.481 e. The minimum absolute atomic E-state index is 0.249. The molecule has 0 amide bonds. The summed E-state index contributed by atoms with van der Waals surface area (Å²) in [5.74, 6) is -0.715. The lowest BCUT2D eigenvalue weighted by molar-refractivity contribution is -0.909. The molecule has 0 aliphatic rings. The van der Waals surface area contributed by atoms with Crippen LogP contribution in [0.15, 0.2) is 0 Å². The van der Waals surface area contributed by atoms with Gasteiger partial charge in [0.1, 0.15) is 0 Å². The van der Waals surface area contributed by atoms with E-state index >= 15 is 0 Å². The van der Waals surface area contributed by atoms with Crippen LogP contribution in [0.3, 0.4) is 0 Å². The van der Waals surface area contributed by atoms with Crippen LogP contribution < -0.4 is 0 Å². The fourth-order valence-corrected chi connectivity index (χ4v) is 2.02. The molecular weight excluding hydrogens is 242 g/mol. The number of unbranched alkanes of at least 4 members (excludes halogenated alkanes) is 5. The summed E-state index contributed by atoms with van der Waals surface area (Å²) >= 11 is 0. The Labute approximate surface area is 118 Å². The van der Waals surface area contributed by atoms with Crippen LogP contribution in [-0.4, -0.2) is 49.5 Å². The lowest BCUT2D eigenvalue weighted by Gasteiger charge is -2.29. The Hall–Kier alpha value is -0.610. The highest BCUT2D eigenvalue weighted by molar-refractivity contribution is 5.66. The smallest absolute Gasteiger partial charge is 0.303 e. The van der Waals surface area contributed by atoms with E-state index in [-0.39, 0.29) is 6.42 Å². The molecule has 0 heterocycles. The summed E-state index contributed by atoms with van der Waals surface area (Å²) in [6.07, 6.45) is 8.64. The van der Waals surface area contributed by atoms with Crippen molar-refractivity contribution in [3.8, 4) is 0 Å². The van der Waals surface area contributed by atoms with Gasteiger partial charge in [-0.2, -0.15) is 0 Å². The van der Waals surface area contributed by atoms with Gasteiger partial charge in [-0.05, 0) is 6.42 Å². The van der Waals surface area contributed by atoms with Crippen molar-refractivity contribution < 1.29 is 19.1 Å². The third-order valence-electron chi connectivity index (χ3n) is 3.24. The van der Waals surface area contributed by atoms with Crippen molar-refractivity contribution in [3.63, 3.8) is 0 Å². The van der Waals surface area contributed by atoms with E-state index in [2.05, 4.69) is 21.0 Å². The van der Waals surface area contributed by atoms with Crippen molar-refractivity contribution in [2.75, 3.05) is 34.0 Å². The summed E-state index contributed by atoms with van der Waals surface area (Å²) in [4.78, 5) is 10.5. The van der Waals surface area contributed by atoms with Gasteiger partial charge in [0, 0.05) is 6.42 Å². The molecule has 19 heavy (non-hydrogen) atoms. The van der Waals surface area contributed by atoms with Crippen molar-refractivity contribution >= 4 is 5.97 Å². The number of hydrogen-bond acceptors (Lipinski definition) is 2. The first-order valence-electron chi connectivity index (χ1n) is 7.59. The third-order valence-corrected chi connectivity index (χ3v) is 3.24. The Bertz CT molecular complexity index is 229. The van der Waals surface area contributed by atoms with E-state index in [4.69, 9.17) is 9.84 Å². The molecule has 0 bridgehead atoms. The third kappa shape index (κ3) is 13.6.